The van der Waals surface area contributed by atoms with Crippen LogP contribution in [0.25, 0.3) is 66.4 Å². The predicted molar refractivity (Wildman–Crippen MR) is 295 cm³/mol. The van der Waals surface area contributed by atoms with Gasteiger partial charge in [-0.1, -0.05) is 36.4 Å². The molecule has 6 aromatic heterocycles. The average molecular weight is 1070 g/mol. The number of ether oxygens (including phenoxy) is 2. The molecule has 1 fully saturated rings. The Labute approximate surface area is 437 Å². The van der Waals surface area contributed by atoms with E-state index in [4.69, 9.17) is 50.4 Å². The number of nitrogens with zero attached hydrogens (tertiary/aromatic N) is 5. The normalized spacial score (nSPS) is 12.6. The molecule has 1 aliphatic rings. The second kappa shape index (κ2) is 22.8. The van der Waals surface area contributed by atoms with Crippen molar-refractivity contribution in [3.8, 4) is 37.1 Å². The van der Waals surface area contributed by atoms with Crippen molar-refractivity contribution < 1.29 is 32.3 Å². The first-order chi connectivity index (χ1) is 35.5. The van der Waals surface area contributed by atoms with Crippen molar-refractivity contribution in [1.29, 1.82) is 0 Å². The van der Waals surface area contributed by atoms with Crippen LogP contribution in [-0.2, 0) is 21.0 Å². The standard InChI is InChI=1S/C20H22N4O3S.C17H14N4OS.C15H13N3O3S2/c21-19-15-11-17(28-18(15)16(12-23-19)20(22)25)13-1-3-14(4-2-13)27-10-7-24-5-8-26-9-6-24;1-20-6-5-10-3-2-4-11(7-10)14-8-12-15(23-14)13(17(19)22)9-21-16(12)18;1-23(20,21)9-4-2-8(3-5-9)12-6-10-13(22-12)11(15(17)19)7-18-14(10)16/h1-4,11-12H,5-10H2,(H2,21,23)(H2,22,25);2-4,7-9H,5-6H2,(H2,18,21)(H2,19,22);2-7H,1H3,(H2,16,18)(H2,17,19). The van der Waals surface area contributed by atoms with Crippen molar-refractivity contribution in [1.82, 2.24) is 19.9 Å². The summed E-state index contributed by atoms with van der Waals surface area (Å²) in [7, 11) is -3.24. The first-order valence-corrected chi connectivity index (χ1v) is 27.0. The summed E-state index contributed by atoms with van der Waals surface area (Å²) in [6.07, 6.45) is 6.11. The maximum absolute atomic E-state index is 11.7. The number of nitrogen functional groups attached to an aromatic ring is 3. The molecular formula is C52H49N11O7S4. The number of fused-ring (bicyclic) bond motifs is 3. The number of amides is 3. The Morgan fingerprint density at radius 3 is 1.54 bits per heavy atom. The number of anilines is 3. The van der Waals surface area contributed by atoms with Crippen LogP contribution in [0.5, 0.6) is 5.75 Å². The lowest BCUT2D eigenvalue weighted by molar-refractivity contribution is 0.0322. The molecule has 1 saturated heterocycles. The zero-order chi connectivity index (χ0) is 52.7. The second-order valence-electron chi connectivity index (χ2n) is 16.8. The Bertz CT molecular complexity index is 3710. The molecule has 0 spiro atoms. The van der Waals surface area contributed by atoms with Crippen LogP contribution < -0.4 is 39.1 Å². The summed E-state index contributed by atoms with van der Waals surface area (Å²) < 4.78 is 36.4. The molecule has 0 atom stereocenters. The number of thiophene rings is 3. The summed E-state index contributed by atoms with van der Waals surface area (Å²) in [6.45, 7) is 12.4. The number of carbonyl (C=O) groups excluding carboxylic acids is 3. The van der Waals surface area contributed by atoms with Crippen LogP contribution in [0.3, 0.4) is 0 Å². The number of sulfone groups is 1. The summed E-state index contributed by atoms with van der Waals surface area (Å²) in [4.78, 5) is 55.6. The third-order valence-electron chi connectivity index (χ3n) is 11.8. The zero-order valence-corrected chi connectivity index (χ0v) is 43.0. The van der Waals surface area contributed by atoms with Gasteiger partial charge in [-0.05, 0) is 76.9 Å². The fraction of sp³-hybridized carbons (Fsp3) is 0.173. The minimum atomic E-state index is -3.24. The number of hydrogen-bond donors (Lipinski definition) is 6. The van der Waals surface area contributed by atoms with Crippen molar-refractivity contribution in [2.45, 2.75) is 11.3 Å². The molecule has 0 radical (unpaired) electrons. The van der Waals surface area contributed by atoms with Crippen LogP contribution in [-0.4, -0.2) is 98.2 Å². The second-order valence-corrected chi connectivity index (χ2v) is 22.0. The SMILES string of the molecule is CS(=O)(=O)c1ccc(-c2cc3c(N)ncc(C(N)=O)c3s2)cc1.NC(=O)c1cnc(N)c2cc(-c3ccc(OCCN4CCOCC4)cc3)sc12.[C-]#[N+]CCc1cccc(-c2cc3c(N)ncc(C(N)=O)c3s2)c1. The van der Waals surface area contributed by atoms with Crippen LogP contribution in [0.15, 0.2) is 114 Å². The monoisotopic (exact) mass is 1070 g/mol. The maximum Gasteiger partial charge on any atom is 0.251 e. The van der Waals surface area contributed by atoms with E-state index in [2.05, 4.69) is 30.8 Å². The Morgan fingerprint density at radius 2 is 1.11 bits per heavy atom. The van der Waals surface area contributed by atoms with Crippen molar-refractivity contribution in [3.05, 3.63) is 143 Å². The summed E-state index contributed by atoms with van der Waals surface area (Å²) >= 11 is 4.32. The molecule has 9 aromatic rings. The largest absolute Gasteiger partial charge is 0.492 e. The third-order valence-corrected chi connectivity index (χ3v) is 16.5. The van der Waals surface area contributed by atoms with Gasteiger partial charge in [0, 0.05) is 81.7 Å². The number of pyridine rings is 3. The molecule has 12 N–H and O–H groups in total. The fourth-order valence-corrected chi connectivity index (χ4v) is 12.0. The van der Waals surface area contributed by atoms with Crippen molar-refractivity contribution in [2.24, 2.45) is 17.2 Å². The third kappa shape index (κ3) is 12.1. The van der Waals surface area contributed by atoms with E-state index >= 15 is 0 Å². The first kappa shape index (κ1) is 52.3. The van der Waals surface area contributed by atoms with Crippen molar-refractivity contribution in [3.63, 3.8) is 0 Å². The lowest BCUT2D eigenvalue weighted by Gasteiger charge is -2.26. The van der Waals surface area contributed by atoms with Gasteiger partial charge in [0.2, 0.25) is 6.54 Å². The number of morpholine rings is 1. The van der Waals surface area contributed by atoms with Gasteiger partial charge < -0.3 is 48.7 Å². The van der Waals surface area contributed by atoms with Gasteiger partial charge in [-0.3, -0.25) is 19.3 Å². The number of hydrogen-bond acceptors (Lipinski definition) is 17. The molecule has 1 aliphatic heterocycles. The van der Waals surface area contributed by atoms with Gasteiger partial charge in [0.05, 0.1) is 48.9 Å². The van der Waals surface area contributed by atoms with E-state index in [9.17, 15) is 22.8 Å². The molecule has 10 rings (SSSR count). The van der Waals surface area contributed by atoms with E-state index < -0.39 is 27.6 Å². The molecule has 0 unspecified atom stereocenters. The summed E-state index contributed by atoms with van der Waals surface area (Å²) in [5.74, 6) is 0.347. The van der Waals surface area contributed by atoms with E-state index in [0.29, 0.717) is 57.4 Å². The quantitative estimate of drug-likeness (QED) is 0.0609. The van der Waals surface area contributed by atoms with Crippen molar-refractivity contribution in [2.75, 3.05) is 69.5 Å². The number of primary amides is 3. The molecule has 18 nitrogen and oxygen atoms in total. The van der Waals surface area contributed by atoms with Crippen LogP contribution in [0.1, 0.15) is 36.6 Å². The average Bonchev–Trinajstić information content (AvgIpc) is 4.17. The summed E-state index contributed by atoms with van der Waals surface area (Å²) in [5.41, 5.74) is 39.1. The smallest absolute Gasteiger partial charge is 0.251 e. The van der Waals surface area contributed by atoms with Gasteiger partial charge in [0.1, 0.15) is 29.8 Å². The molecule has 74 heavy (non-hydrogen) atoms. The highest BCUT2D eigenvalue weighted by atomic mass is 32.2. The Kier molecular flexibility index (Phi) is 16.1. The molecule has 0 saturated carbocycles. The fourth-order valence-electron chi connectivity index (χ4n) is 7.85. The lowest BCUT2D eigenvalue weighted by atomic mass is 10.1. The van der Waals surface area contributed by atoms with E-state index in [1.165, 1.54) is 52.6 Å². The highest BCUT2D eigenvalue weighted by molar-refractivity contribution is 7.90. The molecule has 22 heteroatoms. The number of carbonyl (C=O) groups is 3. The Balaban J connectivity index is 0.000000149. The molecule has 0 aliphatic carbocycles. The number of rotatable bonds is 13. The van der Waals surface area contributed by atoms with E-state index in [0.717, 1.165) is 108 Å². The van der Waals surface area contributed by atoms with Crippen LogP contribution >= 0.6 is 34.0 Å². The van der Waals surface area contributed by atoms with Crippen LogP contribution in [0, 0.1) is 6.57 Å². The van der Waals surface area contributed by atoms with E-state index in [1.807, 2.05) is 60.7 Å². The minimum absolute atomic E-state index is 0.251. The van der Waals surface area contributed by atoms with Gasteiger partial charge in [-0.25, -0.2) is 29.9 Å². The molecule has 378 valence electrons. The van der Waals surface area contributed by atoms with Crippen molar-refractivity contribution >= 4 is 109 Å². The number of nitrogens with two attached hydrogens (primary N) is 6. The van der Waals surface area contributed by atoms with Gasteiger partial charge in [0.25, 0.3) is 17.7 Å². The number of aromatic nitrogens is 3. The van der Waals surface area contributed by atoms with Crippen LogP contribution in [0.2, 0.25) is 0 Å². The summed E-state index contributed by atoms with van der Waals surface area (Å²) in [5, 5.41) is 2.16. The van der Waals surface area contributed by atoms with E-state index in [1.54, 1.807) is 24.3 Å². The highest BCUT2D eigenvalue weighted by Crippen LogP contribution is 2.40. The Hall–Kier alpha value is -8.04. The molecule has 3 aromatic carbocycles. The number of benzene rings is 3. The van der Waals surface area contributed by atoms with Gasteiger partial charge in [-0.2, -0.15) is 0 Å². The molecule has 3 amide bonds. The van der Waals surface area contributed by atoms with Gasteiger partial charge >= 0.3 is 0 Å². The van der Waals surface area contributed by atoms with Gasteiger partial charge in [-0.15, -0.1) is 34.0 Å². The van der Waals surface area contributed by atoms with Gasteiger partial charge in [0.15, 0.2) is 9.84 Å². The lowest BCUT2D eigenvalue weighted by Crippen LogP contribution is -2.38. The highest BCUT2D eigenvalue weighted by Gasteiger charge is 2.19. The maximum atomic E-state index is 11.7. The molecule has 7 heterocycles. The summed E-state index contributed by atoms with van der Waals surface area (Å²) in [6, 6.07) is 28.2. The van der Waals surface area contributed by atoms with Crippen LogP contribution in [0.4, 0.5) is 17.5 Å². The first-order valence-electron chi connectivity index (χ1n) is 22.7. The topological polar surface area (TPSA) is 306 Å². The van der Waals surface area contributed by atoms with E-state index in [-0.39, 0.29) is 4.90 Å². The Morgan fingerprint density at radius 1 is 0.662 bits per heavy atom. The minimum Gasteiger partial charge on any atom is -0.492 e. The zero-order valence-electron chi connectivity index (χ0n) is 39.7. The molecular weight excluding hydrogens is 1020 g/mol. The molecule has 0 bridgehead atoms. The predicted octanol–water partition coefficient (Wildman–Crippen LogP) is 7.51.